The van der Waals surface area contributed by atoms with Crippen LogP contribution in [0.4, 0.5) is 4.79 Å². The van der Waals surface area contributed by atoms with Gasteiger partial charge in [0.15, 0.2) is 0 Å². The Balaban J connectivity index is 1.75. The minimum Gasteiger partial charge on any atom is -0.469 e. The van der Waals surface area contributed by atoms with E-state index in [-0.39, 0.29) is 6.61 Å². The molecule has 98 valence electrons. The molecule has 0 radical (unpaired) electrons. The fraction of sp³-hybridized carbons (Fsp3) is 0.143. The maximum Gasteiger partial charge on any atom is 0.433 e. The van der Waals surface area contributed by atoms with Crippen LogP contribution in [0.2, 0.25) is 5.02 Å². The van der Waals surface area contributed by atoms with E-state index in [0.717, 1.165) is 11.3 Å². The fourth-order valence-electron chi connectivity index (χ4n) is 1.40. The summed E-state index contributed by atoms with van der Waals surface area (Å²) in [6, 6.07) is 10.7. The summed E-state index contributed by atoms with van der Waals surface area (Å²) in [5, 5.41) is 0.645. The zero-order valence-electron chi connectivity index (χ0n) is 10.1. The first kappa shape index (κ1) is 13.4. The van der Waals surface area contributed by atoms with Crippen LogP contribution in [0.5, 0.6) is 0 Å². The van der Waals surface area contributed by atoms with Gasteiger partial charge in [0.2, 0.25) is 0 Å². The highest BCUT2D eigenvalue weighted by Gasteiger charge is 2.00. The molecular formula is C14H12ClNO3. The smallest absolute Gasteiger partial charge is 0.433 e. The minimum absolute atomic E-state index is 0.175. The molecule has 0 aliphatic carbocycles. The number of hydrogen-bond acceptors (Lipinski definition) is 3. The van der Waals surface area contributed by atoms with Gasteiger partial charge in [0, 0.05) is 17.7 Å². The van der Waals surface area contributed by atoms with Crippen LogP contribution in [0.15, 0.2) is 52.1 Å². The predicted molar refractivity (Wildman–Crippen MR) is 72.5 cm³/mol. The molecule has 4 nitrogen and oxygen atoms in total. The zero-order chi connectivity index (χ0) is 13.5. The third-order valence-electron chi connectivity index (χ3n) is 2.34. The number of amides is 1. The summed E-state index contributed by atoms with van der Waals surface area (Å²) in [4.78, 5) is 15.0. The highest BCUT2D eigenvalue weighted by Crippen LogP contribution is 2.10. The number of benzene rings is 1. The highest BCUT2D eigenvalue weighted by molar-refractivity contribution is 6.30. The van der Waals surface area contributed by atoms with E-state index in [0.29, 0.717) is 11.4 Å². The molecule has 0 aliphatic heterocycles. The quantitative estimate of drug-likeness (QED) is 0.797. The van der Waals surface area contributed by atoms with Crippen LogP contribution in [0, 0.1) is 0 Å². The Morgan fingerprint density at radius 1 is 1.32 bits per heavy atom. The van der Waals surface area contributed by atoms with Crippen molar-refractivity contribution in [3.05, 3.63) is 59.0 Å². The molecule has 0 atom stereocenters. The lowest BCUT2D eigenvalue weighted by Gasteiger charge is -2.01. The second kappa shape index (κ2) is 6.75. The van der Waals surface area contributed by atoms with Gasteiger partial charge >= 0.3 is 6.09 Å². The van der Waals surface area contributed by atoms with Gasteiger partial charge in [-0.05, 0) is 29.8 Å². The maximum atomic E-state index is 11.3. The summed E-state index contributed by atoms with van der Waals surface area (Å²) < 4.78 is 10.1. The van der Waals surface area contributed by atoms with E-state index in [9.17, 15) is 4.79 Å². The van der Waals surface area contributed by atoms with Crippen LogP contribution in [-0.2, 0) is 17.8 Å². The normalized spacial score (nSPS) is 10.8. The molecule has 0 N–H and O–H groups in total. The maximum absolute atomic E-state index is 11.3. The average Bonchev–Trinajstić information content (AvgIpc) is 2.91. The number of ether oxygens (including phenoxy) is 1. The van der Waals surface area contributed by atoms with Crippen molar-refractivity contribution in [1.82, 2.24) is 0 Å². The Kier molecular flexibility index (Phi) is 4.75. The molecule has 0 fully saturated rings. The molecular weight excluding hydrogens is 266 g/mol. The first-order chi connectivity index (χ1) is 9.24. The van der Waals surface area contributed by atoms with E-state index in [2.05, 4.69) is 4.99 Å². The van der Waals surface area contributed by atoms with Crippen LogP contribution in [0.25, 0.3) is 0 Å². The van der Waals surface area contributed by atoms with E-state index >= 15 is 0 Å². The van der Waals surface area contributed by atoms with Crippen molar-refractivity contribution in [1.29, 1.82) is 0 Å². The van der Waals surface area contributed by atoms with E-state index < -0.39 is 6.09 Å². The molecule has 0 aliphatic rings. The molecule has 5 heteroatoms. The summed E-state index contributed by atoms with van der Waals surface area (Å²) >= 11 is 5.75. The fourth-order valence-corrected chi connectivity index (χ4v) is 1.53. The summed E-state index contributed by atoms with van der Waals surface area (Å²) in [6.07, 6.45) is 2.87. The molecule has 1 aromatic heterocycles. The number of furan rings is 1. The van der Waals surface area contributed by atoms with E-state index in [1.807, 2.05) is 6.07 Å². The Morgan fingerprint density at radius 3 is 2.79 bits per heavy atom. The summed E-state index contributed by atoms with van der Waals surface area (Å²) in [5.41, 5.74) is 0.860. The van der Waals surface area contributed by atoms with Gasteiger partial charge < -0.3 is 9.15 Å². The SMILES string of the molecule is O=C(N=CCc1ccco1)OCc1ccc(Cl)cc1. The Hall–Kier alpha value is -2.07. The molecule has 19 heavy (non-hydrogen) atoms. The molecule has 2 aromatic rings. The van der Waals surface area contributed by atoms with Crippen LogP contribution in [0.1, 0.15) is 11.3 Å². The topological polar surface area (TPSA) is 51.8 Å². The first-order valence-corrected chi connectivity index (χ1v) is 6.08. The van der Waals surface area contributed by atoms with Gasteiger partial charge in [0.1, 0.15) is 12.4 Å². The Labute approximate surface area is 115 Å². The monoisotopic (exact) mass is 277 g/mol. The minimum atomic E-state index is -0.624. The number of nitrogens with zero attached hydrogens (tertiary/aromatic N) is 1. The van der Waals surface area contributed by atoms with Crippen LogP contribution >= 0.6 is 11.6 Å². The van der Waals surface area contributed by atoms with E-state index in [1.54, 1.807) is 36.6 Å². The Morgan fingerprint density at radius 2 is 2.11 bits per heavy atom. The van der Waals surface area contributed by atoms with E-state index in [1.165, 1.54) is 6.21 Å². The zero-order valence-corrected chi connectivity index (χ0v) is 10.8. The lowest BCUT2D eigenvalue weighted by molar-refractivity contribution is 0.151. The largest absolute Gasteiger partial charge is 0.469 e. The molecule has 1 heterocycles. The highest BCUT2D eigenvalue weighted by atomic mass is 35.5. The van der Waals surface area contributed by atoms with Crippen LogP contribution in [0.3, 0.4) is 0 Å². The van der Waals surface area contributed by atoms with Crippen molar-refractivity contribution in [2.45, 2.75) is 13.0 Å². The van der Waals surface area contributed by atoms with Crippen molar-refractivity contribution in [2.75, 3.05) is 0 Å². The van der Waals surface area contributed by atoms with Crippen LogP contribution < -0.4 is 0 Å². The van der Waals surface area contributed by atoms with Gasteiger partial charge in [0.05, 0.1) is 6.26 Å². The first-order valence-electron chi connectivity index (χ1n) is 5.70. The number of carbonyl (C=O) groups excluding carboxylic acids is 1. The van der Waals surface area contributed by atoms with Gasteiger partial charge in [-0.3, -0.25) is 0 Å². The van der Waals surface area contributed by atoms with Gasteiger partial charge in [-0.15, -0.1) is 0 Å². The molecule has 0 spiro atoms. The van der Waals surface area contributed by atoms with Crippen molar-refractivity contribution >= 4 is 23.9 Å². The summed E-state index contributed by atoms with van der Waals surface area (Å²) in [7, 11) is 0. The second-order valence-corrected chi connectivity index (χ2v) is 4.21. The molecule has 1 aromatic carbocycles. The van der Waals surface area contributed by atoms with Crippen molar-refractivity contribution in [3.8, 4) is 0 Å². The standard InChI is InChI=1S/C14H12ClNO3/c15-12-5-3-11(4-6-12)10-19-14(17)16-8-7-13-2-1-9-18-13/h1-6,8-9H,7,10H2. The molecule has 2 rings (SSSR count). The molecule has 0 saturated heterocycles. The third kappa shape index (κ3) is 4.60. The Bertz CT molecular complexity index is 547. The number of carbonyl (C=O) groups is 1. The number of rotatable bonds is 4. The third-order valence-corrected chi connectivity index (χ3v) is 2.60. The van der Waals surface area contributed by atoms with Gasteiger partial charge in [0.25, 0.3) is 0 Å². The van der Waals surface area contributed by atoms with Crippen molar-refractivity contribution in [3.63, 3.8) is 0 Å². The molecule has 0 bridgehead atoms. The van der Waals surface area contributed by atoms with Crippen molar-refractivity contribution in [2.24, 2.45) is 4.99 Å². The average molecular weight is 278 g/mol. The number of hydrogen-bond donors (Lipinski definition) is 0. The summed E-state index contributed by atoms with van der Waals surface area (Å²) in [5.74, 6) is 0.745. The predicted octanol–water partition coefficient (Wildman–Crippen LogP) is 3.88. The molecule has 1 amide bonds. The summed E-state index contributed by atoms with van der Waals surface area (Å²) in [6.45, 7) is 0.175. The van der Waals surface area contributed by atoms with Gasteiger partial charge in [-0.1, -0.05) is 23.7 Å². The molecule has 0 unspecified atom stereocenters. The molecule has 0 saturated carbocycles. The lowest BCUT2D eigenvalue weighted by atomic mass is 10.2. The van der Waals surface area contributed by atoms with Crippen molar-refractivity contribution < 1.29 is 13.9 Å². The van der Waals surface area contributed by atoms with Crippen LogP contribution in [-0.4, -0.2) is 12.3 Å². The van der Waals surface area contributed by atoms with E-state index in [4.69, 9.17) is 20.8 Å². The second-order valence-electron chi connectivity index (χ2n) is 3.78. The number of aliphatic imine (C=N–C) groups is 1. The number of halogens is 1. The lowest BCUT2D eigenvalue weighted by Crippen LogP contribution is -2.00. The van der Waals surface area contributed by atoms with Gasteiger partial charge in [-0.25, -0.2) is 4.79 Å². The van der Waals surface area contributed by atoms with Gasteiger partial charge in [-0.2, -0.15) is 4.99 Å².